The molecule has 1 aliphatic carbocycles. The molecule has 4 rings (SSSR count). The largest absolute Gasteiger partial charge is 0.315 e. The van der Waals surface area contributed by atoms with Crippen molar-refractivity contribution < 1.29 is 4.79 Å². The van der Waals surface area contributed by atoms with Gasteiger partial charge in [-0.3, -0.25) is 14.2 Å². The van der Waals surface area contributed by atoms with Crippen LogP contribution in [-0.2, 0) is 24.2 Å². The quantitative estimate of drug-likeness (QED) is 0.322. The first kappa shape index (κ1) is 20.9. The molecule has 0 aliphatic heterocycles. The normalized spacial score (nSPS) is 15.7. The van der Waals surface area contributed by atoms with Crippen molar-refractivity contribution in [3.8, 4) is 0 Å². The number of hydrogen-bond donors (Lipinski definition) is 0. The molecule has 3 aromatic rings. The van der Waals surface area contributed by atoms with E-state index in [2.05, 4.69) is 13.5 Å². The highest BCUT2D eigenvalue weighted by Gasteiger charge is 2.25. The van der Waals surface area contributed by atoms with Gasteiger partial charge in [0, 0.05) is 24.2 Å². The second-order valence-electron chi connectivity index (χ2n) is 7.71. The molecule has 2 aromatic heterocycles. The Labute approximate surface area is 184 Å². The first-order valence-corrected chi connectivity index (χ1v) is 11.9. The summed E-state index contributed by atoms with van der Waals surface area (Å²) >= 11 is 2.95. The lowest BCUT2D eigenvalue weighted by Gasteiger charge is -2.18. The first-order chi connectivity index (χ1) is 14.5. The molecule has 1 aliphatic rings. The Morgan fingerprint density at radius 2 is 2.17 bits per heavy atom. The highest BCUT2D eigenvalue weighted by molar-refractivity contribution is 7.99. The predicted octanol–water partition coefficient (Wildman–Crippen LogP) is 4.52. The van der Waals surface area contributed by atoms with Gasteiger partial charge < -0.3 is 4.90 Å². The van der Waals surface area contributed by atoms with Gasteiger partial charge in [0.25, 0.3) is 5.56 Å². The van der Waals surface area contributed by atoms with Crippen molar-refractivity contribution in [3.63, 3.8) is 0 Å². The summed E-state index contributed by atoms with van der Waals surface area (Å²) in [6.07, 6.45) is 4.77. The van der Waals surface area contributed by atoms with Gasteiger partial charge in [0.1, 0.15) is 4.83 Å². The minimum atomic E-state index is -0.0370. The van der Waals surface area contributed by atoms with Crippen molar-refractivity contribution >= 4 is 44.9 Å². The summed E-state index contributed by atoms with van der Waals surface area (Å²) in [6, 6.07) is 9.53. The zero-order valence-corrected chi connectivity index (χ0v) is 18.9. The van der Waals surface area contributed by atoms with Crippen molar-refractivity contribution in [2.45, 2.75) is 37.9 Å². The van der Waals surface area contributed by atoms with Gasteiger partial charge >= 0.3 is 0 Å². The Kier molecular flexibility index (Phi) is 6.11. The van der Waals surface area contributed by atoms with Gasteiger partial charge in [-0.2, -0.15) is 0 Å². The van der Waals surface area contributed by atoms with Crippen LogP contribution < -0.4 is 10.5 Å². The summed E-state index contributed by atoms with van der Waals surface area (Å²) in [5.41, 5.74) is 2.01. The van der Waals surface area contributed by atoms with Gasteiger partial charge in [0.15, 0.2) is 5.16 Å². The molecule has 1 amide bonds. The summed E-state index contributed by atoms with van der Waals surface area (Å²) in [4.78, 5) is 34.6. The van der Waals surface area contributed by atoms with Gasteiger partial charge in [-0.15, -0.1) is 17.9 Å². The molecule has 0 N–H and O–H groups in total. The van der Waals surface area contributed by atoms with Crippen molar-refractivity contribution in [1.82, 2.24) is 9.55 Å². The van der Waals surface area contributed by atoms with Crippen LogP contribution in [0.3, 0.4) is 0 Å². The van der Waals surface area contributed by atoms with E-state index in [-0.39, 0.29) is 17.2 Å². The maximum atomic E-state index is 13.3. The van der Waals surface area contributed by atoms with Gasteiger partial charge in [0.2, 0.25) is 5.91 Å². The van der Waals surface area contributed by atoms with E-state index in [1.807, 2.05) is 30.3 Å². The fourth-order valence-electron chi connectivity index (χ4n) is 3.82. The number of nitrogens with zero attached hydrogens (tertiary/aromatic N) is 3. The molecule has 0 radical (unpaired) electrons. The summed E-state index contributed by atoms with van der Waals surface area (Å²) in [6.45, 7) is 6.44. The van der Waals surface area contributed by atoms with Gasteiger partial charge in [0.05, 0.1) is 11.1 Å². The molecule has 1 aromatic carbocycles. The predicted molar refractivity (Wildman–Crippen MR) is 126 cm³/mol. The Hall–Kier alpha value is -2.38. The topological polar surface area (TPSA) is 55.2 Å². The van der Waals surface area contributed by atoms with Crippen molar-refractivity contribution in [3.05, 3.63) is 63.8 Å². The smallest absolute Gasteiger partial charge is 0.263 e. The van der Waals surface area contributed by atoms with E-state index in [1.165, 1.54) is 22.2 Å². The number of fused-ring (bicyclic) bond motifs is 3. The lowest BCUT2D eigenvalue weighted by molar-refractivity contribution is -0.115. The standard InChI is InChI=1S/C23H25N3O2S2/c1-4-12-26-22(28)20-17-11-10-15(2)13-18(17)30-21(20)24-23(26)29-14-19(27)25(3)16-8-6-5-7-9-16/h4-9,15H,1,10-14H2,2-3H3. The fraction of sp³-hybridized carbons (Fsp3) is 0.348. The summed E-state index contributed by atoms with van der Waals surface area (Å²) in [5, 5.41) is 1.34. The molecule has 0 saturated heterocycles. The number of carbonyl (C=O) groups excluding carboxylic acids is 1. The Morgan fingerprint density at radius 1 is 1.40 bits per heavy atom. The molecule has 0 spiro atoms. The summed E-state index contributed by atoms with van der Waals surface area (Å²) in [7, 11) is 1.76. The zero-order chi connectivity index (χ0) is 21.3. The Morgan fingerprint density at radius 3 is 2.90 bits per heavy atom. The van der Waals surface area contributed by atoms with E-state index < -0.39 is 0 Å². The Bertz CT molecular complexity index is 1150. The zero-order valence-electron chi connectivity index (χ0n) is 17.3. The molecule has 7 heteroatoms. The maximum Gasteiger partial charge on any atom is 0.263 e. The molecule has 2 heterocycles. The molecular weight excluding hydrogens is 414 g/mol. The lowest BCUT2D eigenvalue weighted by atomic mass is 9.89. The first-order valence-electron chi connectivity index (χ1n) is 10.1. The number of para-hydroxylation sites is 1. The third kappa shape index (κ3) is 3.96. The number of allylic oxidation sites excluding steroid dienone is 1. The van der Waals surface area contributed by atoms with E-state index in [0.29, 0.717) is 17.6 Å². The average Bonchev–Trinajstić information content (AvgIpc) is 3.11. The molecule has 156 valence electrons. The number of thioether (sulfide) groups is 1. The second-order valence-corrected chi connectivity index (χ2v) is 9.73. The molecule has 1 atom stereocenters. The van der Waals surface area contributed by atoms with Crippen LogP contribution in [0.1, 0.15) is 23.8 Å². The Balaban J connectivity index is 1.65. The van der Waals surface area contributed by atoms with Gasteiger partial charge in [-0.05, 0) is 42.9 Å². The number of carbonyl (C=O) groups is 1. The number of hydrogen-bond acceptors (Lipinski definition) is 5. The highest BCUT2D eigenvalue weighted by Crippen LogP contribution is 2.36. The number of aryl methyl sites for hydroxylation is 1. The number of thiophene rings is 1. The van der Waals surface area contributed by atoms with Crippen LogP contribution >= 0.6 is 23.1 Å². The molecule has 0 saturated carbocycles. The van der Waals surface area contributed by atoms with E-state index in [9.17, 15) is 9.59 Å². The van der Waals surface area contributed by atoms with Crippen molar-refractivity contribution in [1.29, 1.82) is 0 Å². The number of aromatic nitrogens is 2. The minimum Gasteiger partial charge on any atom is -0.315 e. The maximum absolute atomic E-state index is 13.3. The molecule has 1 unspecified atom stereocenters. The average molecular weight is 440 g/mol. The van der Waals surface area contributed by atoms with Crippen LogP contribution in [0.4, 0.5) is 5.69 Å². The van der Waals surface area contributed by atoms with Gasteiger partial charge in [-0.25, -0.2) is 4.98 Å². The van der Waals surface area contributed by atoms with E-state index in [4.69, 9.17) is 4.98 Å². The number of benzene rings is 1. The number of amides is 1. The monoisotopic (exact) mass is 439 g/mol. The number of rotatable bonds is 6. The molecular formula is C23H25N3O2S2. The third-order valence-electron chi connectivity index (χ3n) is 5.53. The van der Waals surface area contributed by atoms with E-state index >= 15 is 0 Å². The van der Waals surface area contributed by atoms with Crippen molar-refractivity contribution in [2.75, 3.05) is 17.7 Å². The summed E-state index contributed by atoms with van der Waals surface area (Å²) in [5.74, 6) is 0.814. The summed E-state index contributed by atoms with van der Waals surface area (Å²) < 4.78 is 1.65. The van der Waals surface area contributed by atoms with Crippen LogP contribution in [0.15, 0.2) is 52.9 Å². The third-order valence-corrected chi connectivity index (χ3v) is 7.64. The van der Waals surface area contributed by atoms with E-state index in [0.717, 1.165) is 35.2 Å². The van der Waals surface area contributed by atoms with Crippen LogP contribution in [-0.4, -0.2) is 28.3 Å². The highest BCUT2D eigenvalue weighted by atomic mass is 32.2. The van der Waals surface area contributed by atoms with Crippen LogP contribution in [0.5, 0.6) is 0 Å². The minimum absolute atomic E-state index is 0.0154. The number of anilines is 1. The molecule has 5 nitrogen and oxygen atoms in total. The molecule has 0 fully saturated rings. The SMILES string of the molecule is C=CCn1c(SCC(=O)N(C)c2ccccc2)nc2sc3c(c2c1=O)CCC(C)C3. The van der Waals surface area contributed by atoms with Crippen molar-refractivity contribution in [2.24, 2.45) is 5.92 Å². The lowest BCUT2D eigenvalue weighted by Crippen LogP contribution is -2.29. The van der Waals surface area contributed by atoms with Crippen LogP contribution in [0.25, 0.3) is 10.2 Å². The van der Waals surface area contributed by atoms with Crippen LogP contribution in [0, 0.1) is 5.92 Å². The second kappa shape index (κ2) is 8.78. The van der Waals surface area contributed by atoms with Crippen LogP contribution in [0.2, 0.25) is 0 Å². The van der Waals surface area contributed by atoms with E-state index in [1.54, 1.807) is 33.9 Å². The van der Waals surface area contributed by atoms with Gasteiger partial charge in [-0.1, -0.05) is 43.0 Å². The molecule has 30 heavy (non-hydrogen) atoms. The fourth-order valence-corrected chi connectivity index (χ4v) is 6.17. The molecule has 0 bridgehead atoms.